The van der Waals surface area contributed by atoms with Crippen LogP contribution in [0.2, 0.25) is 5.02 Å². The Kier molecular flexibility index (Phi) is 4.14. The number of hydrogen-bond donors (Lipinski definition) is 1. The Morgan fingerprint density at radius 3 is 2.81 bits per heavy atom. The highest BCUT2D eigenvalue weighted by atomic mass is 35.5. The van der Waals surface area contributed by atoms with Gasteiger partial charge in [0.1, 0.15) is 10.6 Å². The molecule has 2 saturated heterocycles. The van der Waals surface area contributed by atoms with Gasteiger partial charge in [0.05, 0.1) is 7.11 Å². The predicted octanol–water partition coefficient (Wildman–Crippen LogP) is 1.86. The number of hydrogen-bond acceptors (Lipinski definition) is 4. The Morgan fingerprint density at radius 2 is 2.05 bits per heavy atom. The minimum absolute atomic E-state index is 0.0196. The highest BCUT2D eigenvalue weighted by Gasteiger charge is 2.43. The van der Waals surface area contributed by atoms with Crippen LogP contribution in [0.3, 0.4) is 0 Å². The molecule has 0 radical (unpaired) electrons. The molecule has 0 saturated carbocycles. The third kappa shape index (κ3) is 2.65. The van der Waals surface area contributed by atoms with Gasteiger partial charge in [0.15, 0.2) is 0 Å². The molecule has 2 unspecified atom stereocenters. The summed E-state index contributed by atoms with van der Waals surface area (Å²) in [6.07, 6.45) is 2.67. The second-order valence-corrected chi connectivity index (χ2v) is 7.76. The molecule has 0 aliphatic carbocycles. The van der Waals surface area contributed by atoms with E-state index in [1.165, 1.54) is 13.2 Å². The number of fused-ring (bicyclic) bond motifs is 2. The minimum Gasteiger partial charge on any atom is -0.495 e. The lowest BCUT2D eigenvalue weighted by Gasteiger charge is -2.27. The molecule has 2 aliphatic heterocycles. The van der Waals surface area contributed by atoms with Gasteiger partial charge in [0, 0.05) is 23.7 Å². The molecule has 116 valence electrons. The quantitative estimate of drug-likeness (QED) is 0.919. The molecule has 2 aliphatic rings. The molecule has 21 heavy (non-hydrogen) atoms. The van der Waals surface area contributed by atoms with Gasteiger partial charge >= 0.3 is 0 Å². The molecule has 2 atom stereocenters. The molecule has 1 aromatic rings. The Labute approximate surface area is 130 Å². The molecule has 0 spiro atoms. The van der Waals surface area contributed by atoms with Gasteiger partial charge in [-0.25, -0.2) is 8.42 Å². The zero-order valence-electron chi connectivity index (χ0n) is 11.9. The summed E-state index contributed by atoms with van der Waals surface area (Å²) in [6, 6.07) is 4.81. The van der Waals surface area contributed by atoms with E-state index in [2.05, 4.69) is 5.32 Å². The van der Waals surface area contributed by atoms with Crippen LogP contribution < -0.4 is 10.1 Å². The zero-order chi connectivity index (χ0) is 15.0. The van der Waals surface area contributed by atoms with E-state index >= 15 is 0 Å². The van der Waals surface area contributed by atoms with E-state index in [-0.39, 0.29) is 17.0 Å². The van der Waals surface area contributed by atoms with E-state index in [1.807, 2.05) is 0 Å². The lowest BCUT2D eigenvalue weighted by Crippen LogP contribution is -2.42. The molecule has 5 nitrogen and oxygen atoms in total. The van der Waals surface area contributed by atoms with Crippen molar-refractivity contribution in [2.45, 2.75) is 36.2 Å². The molecule has 7 heteroatoms. The van der Waals surface area contributed by atoms with Crippen molar-refractivity contribution in [2.24, 2.45) is 0 Å². The van der Waals surface area contributed by atoms with Crippen LogP contribution in [0.5, 0.6) is 5.75 Å². The molecule has 3 rings (SSSR count). The summed E-state index contributed by atoms with van der Waals surface area (Å²) in [5.74, 6) is 0.344. The van der Waals surface area contributed by atoms with E-state index in [9.17, 15) is 8.42 Å². The first-order chi connectivity index (χ1) is 10.0. The first-order valence-electron chi connectivity index (χ1n) is 7.12. The van der Waals surface area contributed by atoms with Crippen LogP contribution in [0.25, 0.3) is 0 Å². The number of ether oxygens (including phenoxy) is 1. The van der Waals surface area contributed by atoms with Gasteiger partial charge in [-0.05, 0) is 44.0 Å². The summed E-state index contributed by atoms with van der Waals surface area (Å²) in [7, 11) is -2.13. The molecule has 1 aromatic carbocycles. The molecule has 0 amide bonds. The fourth-order valence-corrected chi connectivity index (χ4v) is 5.62. The van der Waals surface area contributed by atoms with Gasteiger partial charge in [-0.2, -0.15) is 4.31 Å². The fourth-order valence-electron chi connectivity index (χ4n) is 3.30. The second-order valence-electron chi connectivity index (χ2n) is 5.51. The number of methoxy groups -OCH3 is 1. The predicted molar refractivity (Wildman–Crippen MR) is 81.3 cm³/mol. The Bertz CT molecular complexity index is 621. The van der Waals surface area contributed by atoms with Crippen LogP contribution in [0.15, 0.2) is 23.1 Å². The zero-order valence-corrected chi connectivity index (χ0v) is 13.5. The highest BCUT2D eigenvalue weighted by molar-refractivity contribution is 7.89. The lowest BCUT2D eigenvalue weighted by molar-refractivity contribution is 0.331. The number of halogens is 1. The normalized spacial score (nSPS) is 26.6. The average Bonchev–Trinajstić information content (AvgIpc) is 2.72. The third-order valence-electron chi connectivity index (χ3n) is 4.27. The summed E-state index contributed by atoms with van der Waals surface area (Å²) in [6.45, 7) is 1.57. The monoisotopic (exact) mass is 330 g/mol. The van der Waals surface area contributed by atoms with Crippen molar-refractivity contribution in [2.75, 3.05) is 20.2 Å². The molecule has 0 aromatic heterocycles. The number of benzene rings is 1. The lowest BCUT2D eigenvalue weighted by atomic mass is 10.1. The summed E-state index contributed by atoms with van der Waals surface area (Å²) < 4.78 is 33.1. The fraction of sp³-hybridized carbons (Fsp3) is 0.571. The van der Waals surface area contributed by atoms with Crippen LogP contribution in [0.1, 0.15) is 19.3 Å². The topological polar surface area (TPSA) is 58.6 Å². The molecule has 1 N–H and O–H groups in total. The van der Waals surface area contributed by atoms with Gasteiger partial charge in [-0.15, -0.1) is 0 Å². The molecule has 2 fully saturated rings. The van der Waals surface area contributed by atoms with Crippen molar-refractivity contribution in [3.63, 3.8) is 0 Å². The van der Waals surface area contributed by atoms with Crippen LogP contribution in [0, 0.1) is 0 Å². The average molecular weight is 331 g/mol. The van der Waals surface area contributed by atoms with Crippen molar-refractivity contribution in [3.05, 3.63) is 23.2 Å². The molecule has 2 heterocycles. The van der Waals surface area contributed by atoms with Crippen LogP contribution >= 0.6 is 11.6 Å². The van der Waals surface area contributed by atoms with E-state index in [0.717, 1.165) is 25.8 Å². The minimum atomic E-state index is -3.60. The standard InChI is InChI=1S/C14H19ClN2O3S/c1-20-13-5-2-10(15)8-14(13)21(18,19)17-11-3-4-12(17)9-16-7-6-11/h2,5,8,11-12,16H,3-4,6-7,9H2,1H3. The van der Waals surface area contributed by atoms with Crippen molar-refractivity contribution < 1.29 is 13.2 Å². The Balaban J connectivity index is 2.06. The Hall–Kier alpha value is -0.820. The Morgan fingerprint density at radius 1 is 1.29 bits per heavy atom. The van der Waals surface area contributed by atoms with Crippen molar-refractivity contribution in [3.8, 4) is 5.75 Å². The maximum absolute atomic E-state index is 13.1. The van der Waals surface area contributed by atoms with Crippen molar-refractivity contribution >= 4 is 21.6 Å². The van der Waals surface area contributed by atoms with Crippen LogP contribution in [-0.4, -0.2) is 45.0 Å². The summed E-state index contributed by atoms with van der Waals surface area (Å²) in [4.78, 5) is 0.163. The third-order valence-corrected chi connectivity index (χ3v) is 6.53. The van der Waals surface area contributed by atoms with Gasteiger partial charge in [-0.3, -0.25) is 0 Å². The summed E-state index contributed by atoms with van der Waals surface area (Å²) >= 11 is 5.99. The smallest absolute Gasteiger partial charge is 0.247 e. The maximum atomic E-state index is 13.1. The molecular formula is C14H19ClN2O3S. The SMILES string of the molecule is COc1ccc(Cl)cc1S(=O)(=O)N1C2CCNCC1CC2. The largest absolute Gasteiger partial charge is 0.495 e. The van der Waals surface area contributed by atoms with Crippen molar-refractivity contribution in [1.82, 2.24) is 9.62 Å². The van der Waals surface area contributed by atoms with Gasteiger partial charge in [-0.1, -0.05) is 11.6 Å². The van der Waals surface area contributed by atoms with E-state index in [0.29, 0.717) is 17.3 Å². The van der Waals surface area contributed by atoms with Gasteiger partial charge in [0.25, 0.3) is 0 Å². The summed E-state index contributed by atoms with van der Waals surface area (Å²) in [5.41, 5.74) is 0. The van der Waals surface area contributed by atoms with Gasteiger partial charge in [0.2, 0.25) is 10.0 Å². The highest BCUT2D eigenvalue weighted by Crippen LogP contribution is 2.37. The number of nitrogens with zero attached hydrogens (tertiary/aromatic N) is 1. The van der Waals surface area contributed by atoms with Crippen LogP contribution in [0.4, 0.5) is 0 Å². The second kappa shape index (κ2) is 5.76. The molecular weight excluding hydrogens is 312 g/mol. The van der Waals surface area contributed by atoms with Gasteiger partial charge < -0.3 is 10.1 Å². The maximum Gasteiger partial charge on any atom is 0.247 e. The van der Waals surface area contributed by atoms with Crippen molar-refractivity contribution in [1.29, 1.82) is 0 Å². The summed E-state index contributed by atoms with van der Waals surface area (Å²) in [5, 5.41) is 3.71. The number of rotatable bonds is 3. The van der Waals surface area contributed by atoms with E-state index < -0.39 is 10.0 Å². The number of nitrogens with one attached hydrogen (secondary N) is 1. The first-order valence-corrected chi connectivity index (χ1v) is 8.93. The van der Waals surface area contributed by atoms with E-state index in [1.54, 1.807) is 16.4 Å². The number of sulfonamides is 1. The van der Waals surface area contributed by atoms with Crippen LogP contribution in [-0.2, 0) is 10.0 Å². The first kappa shape index (κ1) is 15.1. The van der Waals surface area contributed by atoms with E-state index in [4.69, 9.17) is 16.3 Å². The molecule has 2 bridgehead atoms.